The number of nitrogens with zero attached hydrogens (tertiary/aromatic N) is 1. The largest absolute Gasteiger partial charge is 0.392 e. The molecule has 2 aliphatic carbocycles. The Balaban J connectivity index is 1.70. The predicted molar refractivity (Wildman–Crippen MR) is 123 cm³/mol. The van der Waals surface area contributed by atoms with E-state index in [9.17, 15) is 14.7 Å². The Morgan fingerprint density at radius 3 is 2.59 bits per heavy atom. The van der Waals surface area contributed by atoms with Crippen LogP contribution in [-0.2, 0) is 19.1 Å². The van der Waals surface area contributed by atoms with Gasteiger partial charge in [0, 0.05) is 39.1 Å². The van der Waals surface area contributed by atoms with Crippen molar-refractivity contribution in [3.8, 4) is 0 Å². The van der Waals surface area contributed by atoms with Gasteiger partial charge in [0.25, 0.3) is 0 Å². The minimum absolute atomic E-state index is 0.0101. The van der Waals surface area contributed by atoms with Crippen LogP contribution in [-0.4, -0.2) is 74.0 Å². The monoisotopic (exact) mass is 452 g/mol. The van der Waals surface area contributed by atoms with E-state index in [1.54, 1.807) is 14.2 Å². The summed E-state index contributed by atoms with van der Waals surface area (Å²) in [5, 5.41) is 14.8. The van der Waals surface area contributed by atoms with E-state index in [1.807, 2.05) is 11.8 Å². The third-order valence-corrected chi connectivity index (χ3v) is 8.82. The number of likely N-dealkylation sites (tertiary alicyclic amines) is 1. The zero-order chi connectivity index (χ0) is 23.5. The topological polar surface area (TPSA) is 88.1 Å². The Kier molecular flexibility index (Phi) is 8.61. The van der Waals surface area contributed by atoms with Crippen molar-refractivity contribution < 1.29 is 24.2 Å². The van der Waals surface area contributed by atoms with Crippen LogP contribution in [0.1, 0.15) is 65.7 Å². The van der Waals surface area contributed by atoms with Crippen LogP contribution in [0.25, 0.3) is 0 Å². The first-order valence-corrected chi connectivity index (χ1v) is 12.5. The van der Waals surface area contributed by atoms with Crippen LogP contribution in [0.15, 0.2) is 0 Å². The van der Waals surface area contributed by atoms with Crippen LogP contribution in [0.5, 0.6) is 0 Å². The molecular weight excluding hydrogens is 408 g/mol. The molecule has 0 radical (unpaired) electrons. The number of rotatable bonds is 8. The van der Waals surface area contributed by atoms with E-state index in [4.69, 9.17) is 9.47 Å². The number of methoxy groups -OCH3 is 2. The zero-order valence-electron chi connectivity index (χ0n) is 20.6. The molecule has 2 amide bonds. The summed E-state index contributed by atoms with van der Waals surface area (Å²) in [6.07, 6.45) is 5.65. The van der Waals surface area contributed by atoms with Gasteiger partial charge in [-0.3, -0.25) is 9.59 Å². The molecule has 3 fully saturated rings. The Morgan fingerprint density at radius 1 is 1.19 bits per heavy atom. The Bertz CT molecular complexity index is 658. The van der Waals surface area contributed by atoms with E-state index in [0.29, 0.717) is 19.6 Å². The molecule has 0 aromatic carbocycles. The third kappa shape index (κ3) is 5.15. The van der Waals surface area contributed by atoms with Gasteiger partial charge in [-0.15, -0.1) is 0 Å². The fourth-order valence-corrected chi connectivity index (χ4v) is 6.91. The van der Waals surface area contributed by atoms with Crippen molar-refractivity contribution in [1.82, 2.24) is 10.2 Å². The molecule has 0 bridgehead atoms. The quantitative estimate of drug-likeness (QED) is 0.591. The minimum atomic E-state index is -0.537. The number of fused-ring (bicyclic) bond motifs is 1. The first kappa shape index (κ1) is 25.4. The molecule has 7 heteroatoms. The Hall–Kier alpha value is -1.18. The molecule has 0 aromatic heterocycles. The second-order valence-corrected chi connectivity index (χ2v) is 10.8. The number of aliphatic hydroxyl groups excluding tert-OH is 1. The van der Waals surface area contributed by atoms with Crippen LogP contribution in [0.4, 0.5) is 0 Å². The SMILES string of the molecule is COCCC(=O)N[C@H]1CC[C@]2(C)CC[C@@H]([C@H](C)C(=O)N3CCC[C@@H]3COC)[C@H](O)[C@H]2[C@@H]1C. The summed E-state index contributed by atoms with van der Waals surface area (Å²) in [4.78, 5) is 27.7. The molecule has 32 heavy (non-hydrogen) atoms. The van der Waals surface area contributed by atoms with Crippen molar-refractivity contribution in [2.24, 2.45) is 29.1 Å². The van der Waals surface area contributed by atoms with Crippen molar-refractivity contribution in [3.63, 3.8) is 0 Å². The molecule has 2 N–H and O–H groups in total. The maximum absolute atomic E-state index is 13.4. The summed E-state index contributed by atoms with van der Waals surface area (Å²) < 4.78 is 10.4. The average Bonchev–Trinajstić information content (AvgIpc) is 3.22. The van der Waals surface area contributed by atoms with E-state index < -0.39 is 6.10 Å². The van der Waals surface area contributed by atoms with Crippen LogP contribution in [0.2, 0.25) is 0 Å². The van der Waals surface area contributed by atoms with Gasteiger partial charge in [-0.25, -0.2) is 0 Å². The molecule has 3 rings (SSSR count). The van der Waals surface area contributed by atoms with Crippen molar-refractivity contribution in [1.29, 1.82) is 0 Å². The summed E-state index contributed by atoms with van der Waals surface area (Å²) in [7, 11) is 3.29. The summed E-state index contributed by atoms with van der Waals surface area (Å²) in [6, 6.07) is 0.211. The Morgan fingerprint density at radius 2 is 1.91 bits per heavy atom. The number of ether oxygens (including phenoxy) is 2. The number of carbonyl (C=O) groups is 2. The van der Waals surface area contributed by atoms with Gasteiger partial charge in [-0.1, -0.05) is 20.8 Å². The fraction of sp³-hybridized carbons (Fsp3) is 0.920. The number of hydrogen-bond acceptors (Lipinski definition) is 5. The smallest absolute Gasteiger partial charge is 0.226 e. The number of carbonyl (C=O) groups excluding carboxylic acids is 2. The number of amides is 2. The first-order chi connectivity index (χ1) is 15.2. The van der Waals surface area contributed by atoms with Crippen molar-refractivity contribution in [3.05, 3.63) is 0 Å². The third-order valence-electron chi connectivity index (χ3n) is 8.82. The summed E-state index contributed by atoms with van der Waals surface area (Å²) in [5.41, 5.74) is 0.0537. The lowest BCUT2D eigenvalue weighted by Crippen LogP contribution is -2.58. The van der Waals surface area contributed by atoms with Gasteiger partial charge < -0.3 is 24.8 Å². The zero-order valence-corrected chi connectivity index (χ0v) is 20.6. The second-order valence-electron chi connectivity index (χ2n) is 10.8. The number of nitrogens with one attached hydrogen (secondary N) is 1. The summed E-state index contributed by atoms with van der Waals surface area (Å²) in [6.45, 7) is 8.23. The highest BCUT2D eigenvalue weighted by Gasteiger charge is 2.54. The molecular formula is C25H44N2O5. The molecule has 184 valence electrons. The molecule has 3 aliphatic rings. The lowest BCUT2D eigenvalue weighted by atomic mass is 9.51. The van der Waals surface area contributed by atoms with Gasteiger partial charge in [0.15, 0.2) is 0 Å². The van der Waals surface area contributed by atoms with E-state index >= 15 is 0 Å². The summed E-state index contributed by atoms with van der Waals surface area (Å²) >= 11 is 0. The van der Waals surface area contributed by atoms with Crippen molar-refractivity contribution >= 4 is 11.8 Å². The highest BCUT2D eigenvalue weighted by atomic mass is 16.5. The first-order valence-electron chi connectivity index (χ1n) is 12.5. The van der Waals surface area contributed by atoms with Crippen LogP contribution in [0, 0.1) is 29.1 Å². The second kappa shape index (κ2) is 10.8. The lowest BCUT2D eigenvalue weighted by Gasteiger charge is -2.56. The van der Waals surface area contributed by atoms with Crippen molar-refractivity contribution in [2.75, 3.05) is 34.0 Å². The van der Waals surface area contributed by atoms with Gasteiger partial charge >= 0.3 is 0 Å². The predicted octanol–water partition coefficient (Wildman–Crippen LogP) is 2.60. The maximum Gasteiger partial charge on any atom is 0.226 e. The van der Waals surface area contributed by atoms with Gasteiger partial charge in [0.2, 0.25) is 11.8 Å². The molecule has 1 saturated heterocycles. The summed E-state index contributed by atoms with van der Waals surface area (Å²) in [5.74, 6) is 0.145. The average molecular weight is 453 g/mol. The number of hydrogen-bond donors (Lipinski definition) is 2. The van der Waals surface area contributed by atoms with Gasteiger partial charge in [-0.2, -0.15) is 0 Å². The number of aliphatic hydroxyl groups is 1. The highest BCUT2D eigenvalue weighted by molar-refractivity contribution is 5.79. The van der Waals surface area contributed by atoms with E-state index in [2.05, 4.69) is 19.2 Å². The van der Waals surface area contributed by atoms with E-state index in [-0.39, 0.29) is 53.0 Å². The molecule has 1 aliphatic heterocycles. The van der Waals surface area contributed by atoms with Crippen LogP contribution >= 0.6 is 0 Å². The van der Waals surface area contributed by atoms with Gasteiger partial charge in [0.05, 0.1) is 25.4 Å². The lowest BCUT2D eigenvalue weighted by molar-refractivity contribution is -0.152. The van der Waals surface area contributed by atoms with E-state index in [0.717, 1.165) is 45.1 Å². The van der Waals surface area contributed by atoms with Gasteiger partial charge in [0.1, 0.15) is 0 Å². The van der Waals surface area contributed by atoms with Crippen LogP contribution < -0.4 is 5.32 Å². The molecule has 0 spiro atoms. The fourth-order valence-electron chi connectivity index (χ4n) is 6.91. The molecule has 0 unspecified atom stereocenters. The molecule has 8 atom stereocenters. The standard InChI is InChI=1S/C25H44N2O5/c1-16(24(30)27-13-6-7-18(27)15-32-5)19-8-11-25(3)12-9-20(17(2)22(25)23(19)29)26-21(28)10-14-31-4/h16-20,22-23,29H,6-15H2,1-5H3,(H,26,28)/t16-,17+,18+,19-,20-,22+,23-,25-/m0/s1. The van der Waals surface area contributed by atoms with Gasteiger partial charge in [-0.05, 0) is 61.7 Å². The molecule has 7 nitrogen and oxygen atoms in total. The Labute approximate surface area is 193 Å². The minimum Gasteiger partial charge on any atom is -0.392 e. The molecule has 0 aromatic rings. The van der Waals surface area contributed by atoms with Crippen molar-refractivity contribution in [2.45, 2.75) is 83.9 Å². The molecule has 1 heterocycles. The maximum atomic E-state index is 13.4. The normalized spacial score (nSPS) is 38.2. The van der Waals surface area contributed by atoms with E-state index in [1.165, 1.54) is 0 Å². The van der Waals surface area contributed by atoms with Crippen LogP contribution in [0.3, 0.4) is 0 Å². The highest BCUT2D eigenvalue weighted by Crippen LogP contribution is 2.55. The molecule has 2 saturated carbocycles.